The second-order valence-corrected chi connectivity index (χ2v) is 11.0. The Morgan fingerprint density at radius 2 is 1.78 bits per heavy atom. The zero-order chi connectivity index (χ0) is 26.4. The Morgan fingerprint density at radius 3 is 2.38 bits per heavy atom. The first-order chi connectivity index (χ1) is 17.6. The lowest BCUT2D eigenvalue weighted by atomic mass is 9.79. The van der Waals surface area contributed by atoms with Gasteiger partial charge in [-0.3, -0.25) is 4.79 Å². The maximum absolute atomic E-state index is 14.8. The Kier molecular flexibility index (Phi) is 6.44. The van der Waals surface area contributed by atoms with Crippen LogP contribution in [0.15, 0.2) is 71.7 Å². The van der Waals surface area contributed by atoms with E-state index in [4.69, 9.17) is 4.74 Å². The van der Waals surface area contributed by atoms with E-state index < -0.39 is 23.1 Å². The van der Waals surface area contributed by atoms with Crippen molar-refractivity contribution in [3.63, 3.8) is 0 Å². The van der Waals surface area contributed by atoms with Crippen LogP contribution in [0.4, 0.5) is 9.18 Å². The van der Waals surface area contributed by atoms with Gasteiger partial charge >= 0.3 is 6.09 Å². The third-order valence-electron chi connectivity index (χ3n) is 7.44. The van der Waals surface area contributed by atoms with Crippen molar-refractivity contribution < 1.29 is 19.0 Å². The van der Waals surface area contributed by atoms with E-state index in [1.165, 1.54) is 6.07 Å². The molecule has 1 saturated heterocycles. The fourth-order valence-electron chi connectivity index (χ4n) is 5.42. The minimum absolute atomic E-state index is 0.0119. The largest absolute Gasteiger partial charge is 0.438 e. The van der Waals surface area contributed by atoms with Crippen LogP contribution in [0.3, 0.4) is 0 Å². The molecule has 1 N–H and O–H groups in total. The molecule has 37 heavy (non-hydrogen) atoms. The SMILES string of the molecule is CC(c1ccc(-c2ccn(C3CC3)c(=O)c2)cc1)N1CC[C@](CC(C)(C)O)(c2ccccc2F)OC1=O. The molecule has 5 rings (SSSR count). The fraction of sp³-hybridized carbons (Fsp3) is 0.400. The predicted octanol–water partition coefficient (Wildman–Crippen LogP) is 5.95. The molecule has 6 nitrogen and oxygen atoms in total. The summed E-state index contributed by atoms with van der Waals surface area (Å²) >= 11 is 0. The Bertz CT molecular complexity index is 1360. The summed E-state index contributed by atoms with van der Waals surface area (Å²) < 4.78 is 22.6. The monoisotopic (exact) mass is 504 g/mol. The second-order valence-electron chi connectivity index (χ2n) is 11.0. The smallest absolute Gasteiger partial charge is 0.411 e. The molecule has 7 heteroatoms. The Morgan fingerprint density at radius 1 is 1.08 bits per heavy atom. The third-order valence-corrected chi connectivity index (χ3v) is 7.44. The third kappa shape index (κ3) is 5.18. The topological polar surface area (TPSA) is 71.8 Å². The molecule has 194 valence electrons. The Labute approximate surface area is 216 Å². The number of hydrogen-bond acceptors (Lipinski definition) is 4. The van der Waals surface area contributed by atoms with Crippen LogP contribution in [0, 0.1) is 5.82 Å². The van der Waals surface area contributed by atoms with Gasteiger partial charge in [-0.1, -0.05) is 42.5 Å². The molecule has 2 heterocycles. The number of carbonyl (C=O) groups is 1. The van der Waals surface area contributed by atoms with Crippen molar-refractivity contribution in [1.29, 1.82) is 0 Å². The first kappa shape index (κ1) is 25.2. The number of pyridine rings is 1. The predicted molar refractivity (Wildman–Crippen MR) is 140 cm³/mol. The van der Waals surface area contributed by atoms with Gasteiger partial charge in [-0.15, -0.1) is 0 Å². The van der Waals surface area contributed by atoms with E-state index in [0.717, 1.165) is 29.5 Å². The van der Waals surface area contributed by atoms with Crippen LogP contribution < -0.4 is 5.56 Å². The van der Waals surface area contributed by atoms with E-state index in [-0.39, 0.29) is 23.6 Å². The number of amides is 1. The van der Waals surface area contributed by atoms with Gasteiger partial charge in [0.1, 0.15) is 11.4 Å². The molecule has 1 amide bonds. The number of rotatable bonds is 7. The highest BCUT2D eigenvalue weighted by Gasteiger charge is 2.47. The van der Waals surface area contributed by atoms with Crippen molar-refractivity contribution in [3.05, 3.63) is 94.2 Å². The average molecular weight is 505 g/mol. The lowest BCUT2D eigenvalue weighted by Crippen LogP contribution is -2.51. The van der Waals surface area contributed by atoms with Gasteiger partial charge in [-0.05, 0) is 62.4 Å². The molecule has 1 saturated carbocycles. The van der Waals surface area contributed by atoms with Crippen molar-refractivity contribution >= 4 is 6.09 Å². The van der Waals surface area contributed by atoms with Crippen LogP contribution >= 0.6 is 0 Å². The molecule has 0 bridgehead atoms. The summed E-state index contributed by atoms with van der Waals surface area (Å²) in [6.45, 7) is 5.55. The Balaban J connectivity index is 1.34. The first-order valence-electron chi connectivity index (χ1n) is 12.9. The number of nitrogens with zero attached hydrogens (tertiary/aromatic N) is 2. The number of carbonyl (C=O) groups excluding carboxylic acids is 1. The summed E-state index contributed by atoms with van der Waals surface area (Å²) in [6, 6.07) is 17.8. The molecule has 1 aliphatic heterocycles. The number of cyclic esters (lactones) is 1. The summed E-state index contributed by atoms with van der Waals surface area (Å²) in [7, 11) is 0. The second kappa shape index (κ2) is 9.45. The van der Waals surface area contributed by atoms with Gasteiger partial charge in [-0.2, -0.15) is 0 Å². The maximum Gasteiger partial charge on any atom is 0.411 e. The molecular formula is C30H33FN2O4. The van der Waals surface area contributed by atoms with E-state index >= 15 is 0 Å². The van der Waals surface area contributed by atoms with Gasteiger partial charge < -0.3 is 19.3 Å². The molecule has 2 aromatic carbocycles. The molecule has 2 fully saturated rings. The van der Waals surface area contributed by atoms with Gasteiger partial charge in [-0.25, -0.2) is 9.18 Å². The van der Waals surface area contributed by atoms with E-state index in [1.54, 1.807) is 47.6 Å². The zero-order valence-electron chi connectivity index (χ0n) is 21.5. The van der Waals surface area contributed by atoms with Crippen LogP contribution in [-0.2, 0) is 10.3 Å². The van der Waals surface area contributed by atoms with Gasteiger partial charge in [0.15, 0.2) is 0 Å². The van der Waals surface area contributed by atoms with Gasteiger partial charge in [0.2, 0.25) is 0 Å². The number of ether oxygens (including phenoxy) is 1. The maximum atomic E-state index is 14.8. The number of halogens is 1. The van der Waals surface area contributed by atoms with Crippen molar-refractivity contribution in [2.75, 3.05) is 6.54 Å². The average Bonchev–Trinajstić information content (AvgIpc) is 3.68. The van der Waals surface area contributed by atoms with E-state index in [9.17, 15) is 19.1 Å². The number of aliphatic hydroxyl groups is 1. The summed E-state index contributed by atoms with van der Waals surface area (Å²) in [4.78, 5) is 27.4. The first-order valence-corrected chi connectivity index (χ1v) is 12.9. The van der Waals surface area contributed by atoms with Crippen LogP contribution in [0.1, 0.15) is 69.7 Å². The minimum atomic E-state index is -1.25. The van der Waals surface area contributed by atoms with Gasteiger partial charge in [0, 0.05) is 43.3 Å². The van der Waals surface area contributed by atoms with Crippen LogP contribution in [0.2, 0.25) is 0 Å². The minimum Gasteiger partial charge on any atom is -0.438 e. The molecule has 2 aliphatic rings. The number of aromatic nitrogens is 1. The summed E-state index contributed by atoms with van der Waals surface area (Å²) in [6.07, 6.45) is 3.88. The lowest BCUT2D eigenvalue weighted by Gasteiger charge is -2.45. The normalized spacial score (nSPS) is 21.0. The van der Waals surface area contributed by atoms with Crippen molar-refractivity contribution in [1.82, 2.24) is 9.47 Å². The van der Waals surface area contributed by atoms with Crippen molar-refractivity contribution in [2.45, 2.75) is 69.7 Å². The van der Waals surface area contributed by atoms with Crippen LogP contribution in [0.25, 0.3) is 11.1 Å². The molecule has 0 radical (unpaired) electrons. The number of benzene rings is 2. The molecule has 1 unspecified atom stereocenters. The Hall–Kier alpha value is -3.45. The van der Waals surface area contributed by atoms with Crippen LogP contribution in [0.5, 0.6) is 0 Å². The quantitative estimate of drug-likeness (QED) is 0.432. The van der Waals surface area contributed by atoms with Gasteiger partial charge in [0.05, 0.1) is 11.6 Å². The summed E-state index contributed by atoms with van der Waals surface area (Å²) in [5.41, 5.74) is 0.602. The molecular weight excluding hydrogens is 471 g/mol. The molecule has 1 aromatic heterocycles. The molecule has 0 spiro atoms. The van der Waals surface area contributed by atoms with E-state index in [2.05, 4.69) is 0 Å². The van der Waals surface area contributed by atoms with Crippen LogP contribution in [-0.4, -0.2) is 32.8 Å². The molecule has 3 aromatic rings. The number of hydrogen-bond donors (Lipinski definition) is 1. The summed E-state index contributed by atoms with van der Waals surface area (Å²) in [5, 5.41) is 10.6. The highest BCUT2D eigenvalue weighted by atomic mass is 19.1. The lowest BCUT2D eigenvalue weighted by molar-refractivity contribution is -0.102. The van der Waals surface area contributed by atoms with E-state index in [1.807, 2.05) is 43.5 Å². The van der Waals surface area contributed by atoms with Crippen molar-refractivity contribution in [3.8, 4) is 11.1 Å². The highest BCUT2D eigenvalue weighted by Crippen LogP contribution is 2.43. The van der Waals surface area contributed by atoms with Crippen molar-refractivity contribution in [2.24, 2.45) is 0 Å². The zero-order valence-corrected chi connectivity index (χ0v) is 21.5. The molecule has 1 aliphatic carbocycles. The standard InChI is InChI=1S/C30H33FN2O4/c1-20(21-8-10-22(11-9-21)23-14-16-33(24-12-13-24)27(34)18-23)32-17-15-30(37-28(32)35,19-29(2,3)36)25-6-4-5-7-26(25)31/h4-11,14,16,18,20,24,36H,12-13,15,17,19H2,1-3H3/t20?,30-/m0/s1. The summed E-state index contributed by atoms with van der Waals surface area (Å²) in [5.74, 6) is -0.457. The fourth-order valence-corrected chi connectivity index (χ4v) is 5.42. The van der Waals surface area contributed by atoms with E-state index in [0.29, 0.717) is 19.0 Å². The van der Waals surface area contributed by atoms with Gasteiger partial charge in [0.25, 0.3) is 5.56 Å². The highest BCUT2D eigenvalue weighted by molar-refractivity contribution is 5.70. The molecule has 2 atom stereocenters.